The molecule has 0 aliphatic carbocycles. The summed E-state index contributed by atoms with van der Waals surface area (Å²) in [6.45, 7) is 2.10. The molecular weight excluding hydrogens is 214 g/mol. The van der Waals surface area contributed by atoms with Crippen LogP contribution in [0.4, 0.5) is 0 Å². The lowest BCUT2D eigenvalue weighted by atomic mass is 10.1. The Balaban J connectivity index is 2.47. The molecule has 0 unspecified atom stereocenters. The third-order valence-corrected chi connectivity index (χ3v) is 3.89. The Morgan fingerprint density at radius 1 is 1.00 bits per heavy atom. The second-order valence-electron chi connectivity index (χ2n) is 3.92. The Morgan fingerprint density at radius 3 is 2.69 bits per heavy atom. The van der Waals surface area contributed by atoms with Gasteiger partial charge in [-0.3, -0.25) is 0 Å². The first-order valence-electron chi connectivity index (χ1n) is 5.11. The van der Waals surface area contributed by atoms with Gasteiger partial charge in [0.1, 0.15) is 0 Å². The molecule has 0 fully saturated rings. The fraction of sp³-hybridized carbons (Fsp3) is 0.0714. The number of thiophene rings is 1. The SMILES string of the molecule is Cc1ccc2sc3cc(C#N)ccc3c2c1. The number of hydrogen-bond acceptors (Lipinski definition) is 2. The summed E-state index contributed by atoms with van der Waals surface area (Å²) in [7, 11) is 0. The second kappa shape index (κ2) is 3.33. The van der Waals surface area contributed by atoms with Gasteiger partial charge in [0.2, 0.25) is 0 Å². The molecular formula is C14H9NS. The van der Waals surface area contributed by atoms with E-state index in [0.717, 1.165) is 5.56 Å². The minimum absolute atomic E-state index is 0.732. The predicted octanol–water partition coefficient (Wildman–Crippen LogP) is 4.23. The maximum Gasteiger partial charge on any atom is 0.0992 e. The topological polar surface area (TPSA) is 23.8 Å². The van der Waals surface area contributed by atoms with Crippen molar-refractivity contribution in [2.45, 2.75) is 6.92 Å². The largest absolute Gasteiger partial charge is 0.192 e. The van der Waals surface area contributed by atoms with Crippen molar-refractivity contribution in [3.05, 3.63) is 47.5 Å². The fourth-order valence-corrected chi connectivity index (χ4v) is 3.09. The molecule has 0 spiro atoms. The maximum absolute atomic E-state index is 8.87. The van der Waals surface area contributed by atoms with E-state index >= 15 is 0 Å². The molecule has 3 aromatic rings. The molecule has 1 nitrogen and oxygen atoms in total. The van der Waals surface area contributed by atoms with Crippen molar-refractivity contribution in [1.29, 1.82) is 5.26 Å². The van der Waals surface area contributed by atoms with Crippen molar-refractivity contribution in [3.63, 3.8) is 0 Å². The molecule has 3 rings (SSSR count). The average molecular weight is 223 g/mol. The van der Waals surface area contributed by atoms with Crippen LogP contribution in [0.25, 0.3) is 20.2 Å². The molecule has 0 radical (unpaired) electrons. The van der Waals surface area contributed by atoms with Crippen LogP contribution >= 0.6 is 11.3 Å². The summed E-state index contributed by atoms with van der Waals surface area (Å²) in [6, 6.07) is 14.6. The zero-order valence-electron chi connectivity index (χ0n) is 8.82. The number of rotatable bonds is 0. The molecule has 0 aliphatic heterocycles. The summed E-state index contributed by atoms with van der Waals surface area (Å²) in [5, 5.41) is 11.4. The van der Waals surface area contributed by atoms with Gasteiger partial charge in [-0.15, -0.1) is 11.3 Å². The monoisotopic (exact) mass is 223 g/mol. The van der Waals surface area contributed by atoms with Crippen molar-refractivity contribution < 1.29 is 0 Å². The standard InChI is InChI=1S/C14H9NS/c1-9-2-5-13-12(6-9)11-4-3-10(8-15)7-14(11)16-13/h2-7H,1H3. The van der Waals surface area contributed by atoms with E-state index in [2.05, 4.69) is 31.2 Å². The third kappa shape index (κ3) is 1.30. The Hall–Kier alpha value is -1.85. The Labute approximate surface area is 97.6 Å². The van der Waals surface area contributed by atoms with Gasteiger partial charge in [-0.05, 0) is 31.2 Å². The van der Waals surface area contributed by atoms with Crippen LogP contribution < -0.4 is 0 Å². The van der Waals surface area contributed by atoms with Crippen LogP contribution in [-0.2, 0) is 0 Å². The smallest absolute Gasteiger partial charge is 0.0992 e. The lowest BCUT2D eigenvalue weighted by molar-refractivity contribution is 1.50. The number of aryl methyl sites for hydroxylation is 1. The number of nitrogens with zero attached hydrogens (tertiary/aromatic N) is 1. The van der Waals surface area contributed by atoms with Gasteiger partial charge in [0, 0.05) is 20.2 Å². The quantitative estimate of drug-likeness (QED) is 0.559. The zero-order valence-corrected chi connectivity index (χ0v) is 9.64. The predicted molar refractivity (Wildman–Crippen MR) is 68.8 cm³/mol. The van der Waals surface area contributed by atoms with Crippen LogP contribution in [0.1, 0.15) is 11.1 Å². The van der Waals surface area contributed by atoms with Crippen molar-refractivity contribution >= 4 is 31.5 Å². The Kier molecular flexibility index (Phi) is 1.95. The summed E-state index contributed by atoms with van der Waals surface area (Å²) in [6.07, 6.45) is 0. The fourth-order valence-electron chi connectivity index (χ4n) is 1.96. The van der Waals surface area contributed by atoms with Gasteiger partial charge >= 0.3 is 0 Å². The molecule has 0 aliphatic rings. The van der Waals surface area contributed by atoms with Crippen LogP contribution in [0, 0.1) is 18.3 Å². The van der Waals surface area contributed by atoms with Gasteiger partial charge in [0.15, 0.2) is 0 Å². The van der Waals surface area contributed by atoms with Gasteiger partial charge < -0.3 is 0 Å². The number of hydrogen-bond donors (Lipinski definition) is 0. The first kappa shape index (κ1) is 9.38. The molecule has 2 heteroatoms. The van der Waals surface area contributed by atoms with Gasteiger partial charge in [-0.2, -0.15) is 5.26 Å². The summed E-state index contributed by atoms with van der Waals surface area (Å²) in [5.41, 5.74) is 2.01. The average Bonchev–Trinajstić information content (AvgIpc) is 2.66. The van der Waals surface area contributed by atoms with Gasteiger partial charge in [-0.1, -0.05) is 17.7 Å². The highest BCUT2D eigenvalue weighted by molar-refractivity contribution is 7.25. The normalized spacial score (nSPS) is 10.8. The van der Waals surface area contributed by atoms with Gasteiger partial charge in [0.05, 0.1) is 11.6 Å². The summed E-state index contributed by atoms with van der Waals surface area (Å²) >= 11 is 1.75. The van der Waals surface area contributed by atoms with Crippen molar-refractivity contribution in [1.82, 2.24) is 0 Å². The molecule has 0 saturated heterocycles. The van der Waals surface area contributed by atoms with E-state index in [0.29, 0.717) is 0 Å². The van der Waals surface area contributed by atoms with E-state index in [-0.39, 0.29) is 0 Å². The van der Waals surface area contributed by atoms with Crippen LogP contribution in [0.3, 0.4) is 0 Å². The van der Waals surface area contributed by atoms with E-state index in [1.54, 1.807) is 11.3 Å². The molecule has 0 saturated carbocycles. The minimum atomic E-state index is 0.732. The molecule has 0 atom stereocenters. The van der Waals surface area contributed by atoms with Crippen LogP contribution in [-0.4, -0.2) is 0 Å². The molecule has 16 heavy (non-hydrogen) atoms. The first-order chi connectivity index (χ1) is 7.78. The zero-order chi connectivity index (χ0) is 11.1. The van der Waals surface area contributed by atoms with Gasteiger partial charge in [0.25, 0.3) is 0 Å². The van der Waals surface area contributed by atoms with Crippen molar-refractivity contribution in [3.8, 4) is 6.07 Å². The van der Waals surface area contributed by atoms with E-state index in [1.165, 1.54) is 25.7 Å². The molecule has 0 bridgehead atoms. The van der Waals surface area contributed by atoms with Gasteiger partial charge in [-0.25, -0.2) is 0 Å². The van der Waals surface area contributed by atoms with E-state index < -0.39 is 0 Å². The molecule has 76 valence electrons. The van der Waals surface area contributed by atoms with Crippen LogP contribution in [0.5, 0.6) is 0 Å². The number of benzene rings is 2. The van der Waals surface area contributed by atoms with Crippen LogP contribution in [0.15, 0.2) is 36.4 Å². The van der Waals surface area contributed by atoms with Crippen molar-refractivity contribution in [2.24, 2.45) is 0 Å². The van der Waals surface area contributed by atoms with E-state index in [4.69, 9.17) is 5.26 Å². The highest BCUT2D eigenvalue weighted by atomic mass is 32.1. The lowest BCUT2D eigenvalue weighted by Crippen LogP contribution is -1.72. The summed E-state index contributed by atoms with van der Waals surface area (Å²) in [4.78, 5) is 0. The molecule has 0 amide bonds. The molecule has 1 heterocycles. The van der Waals surface area contributed by atoms with Crippen molar-refractivity contribution in [2.75, 3.05) is 0 Å². The highest BCUT2D eigenvalue weighted by Gasteiger charge is 2.05. The maximum atomic E-state index is 8.87. The third-order valence-electron chi connectivity index (χ3n) is 2.76. The van der Waals surface area contributed by atoms with E-state index in [9.17, 15) is 0 Å². The number of nitriles is 1. The molecule has 0 N–H and O–H groups in total. The summed E-state index contributed by atoms with van der Waals surface area (Å²) in [5.74, 6) is 0. The van der Waals surface area contributed by atoms with E-state index in [1.807, 2.05) is 18.2 Å². The second-order valence-corrected chi connectivity index (χ2v) is 5.01. The minimum Gasteiger partial charge on any atom is -0.192 e. The number of fused-ring (bicyclic) bond motifs is 3. The van der Waals surface area contributed by atoms with Crippen LogP contribution in [0.2, 0.25) is 0 Å². The Morgan fingerprint density at radius 2 is 1.88 bits per heavy atom. The summed E-state index contributed by atoms with van der Waals surface area (Å²) < 4.78 is 2.48. The Bertz CT molecular complexity index is 731. The molecule has 2 aromatic carbocycles. The lowest BCUT2D eigenvalue weighted by Gasteiger charge is -1.93. The molecule has 1 aromatic heterocycles. The highest BCUT2D eigenvalue weighted by Crippen LogP contribution is 2.34. The first-order valence-corrected chi connectivity index (χ1v) is 5.92.